The fourth-order valence-corrected chi connectivity index (χ4v) is 2.09. The van der Waals surface area contributed by atoms with E-state index in [9.17, 15) is 8.42 Å². The highest BCUT2D eigenvalue weighted by Crippen LogP contribution is 2.16. The van der Waals surface area contributed by atoms with Crippen molar-refractivity contribution in [2.24, 2.45) is 0 Å². The summed E-state index contributed by atoms with van der Waals surface area (Å²) >= 11 is 0. The SMILES string of the molecule is CS(=O)(=O)OCC1CN2C=COCC2CO1. The first-order chi connectivity index (χ1) is 7.54. The van der Waals surface area contributed by atoms with Crippen LogP contribution in [0.2, 0.25) is 0 Å². The van der Waals surface area contributed by atoms with Crippen LogP contribution < -0.4 is 0 Å². The summed E-state index contributed by atoms with van der Waals surface area (Å²) in [6.45, 7) is 1.83. The fourth-order valence-electron chi connectivity index (χ4n) is 1.69. The Morgan fingerprint density at radius 3 is 3.06 bits per heavy atom. The highest BCUT2D eigenvalue weighted by atomic mass is 32.2. The van der Waals surface area contributed by atoms with E-state index in [1.54, 1.807) is 6.26 Å². The summed E-state index contributed by atoms with van der Waals surface area (Å²) in [5.41, 5.74) is 0. The lowest BCUT2D eigenvalue weighted by molar-refractivity contribution is -0.0819. The molecule has 1 saturated heterocycles. The van der Waals surface area contributed by atoms with Gasteiger partial charge in [0.1, 0.15) is 6.61 Å². The molecule has 0 spiro atoms. The van der Waals surface area contributed by atoms with Gasteiger partial charge in [0.15, 0.2) is 0 Å². The summed E-state index contributed by atoms with van der Waals surface area (Å²) in [7, 11) is -3.39. The third-order valence-electron chi connectivity index (χ3n) is 2.51. The van der Waals surface area contributed by atoms with E-state index in [0.717, 1.165) is 6.26 Å². The predicted octanol–water partition coefficient (Wildman–Crippen LogP) is -0.467. The van der Waals surface area contributed by atoms with Crippen molar-refractivity contribution in [1.82, 2.24) is 4.90 Å². The molecule has 0 amide bonds. The van der Waals surface area contributed by atoms with Crippen LogP contribution >= 0.6 is 0 Å². The summed E-state index contributed by atoms with van der Waals surface area (Å²) < 4.78 is 37.0. The fraction of sp³-hybridized carbons (Fsp3) is 0.778. The molecule has 6 nitrogen and oxygen atoms in total. The van der Waals surface area contributed by atoms with E-state index < -0.39 is 10.1 Å². The molecular weight excluding hydrogens is 234 g/mol. The molecule has 0 bridgehead atoms. The van der Waals surface area contributed by atoms with Crippen molar-refractivity contribution in [2.75, 3.05) is 32.6 Å². The summed E-state index contributed by atoms with van der Waals surface area (Å²) in [5.74, 6) is 0. The van der Waals surface area contributed by atoms with Crippen molar-refractivity contribution >= 4 is 10.1 Å². The van der Waals surface area contributed by atoms with Gasteiger partial charge in [-0.15, -0.1) is 0 Å². The average molecular weight is 249 g/mol. The molecule has 2 heterocycles. The maximum Gasteiger partial charge on any atom is 0.264 e. The van der Waals surface area contributed by atoms with Gasteiger partial charge in [-0.2, -0.15) is 8.42 Å². The van der Waals surface area contributed by atoms with Crippen molar-refractivity contribution in [3.63, 3.8) is 0 Å². The molecule has 7 heteroatoms. The lowest BCUT2D eigenvalue weighted by Gasteiger charge is -2.40. The second-order valence-corrected chi connectivity index (χ2v) is 5.56. The van der Waals surface area contributed by atoms with Crippen LogP contribution in [0.4, 0.5) is 0 Å². The van der Waals surface area contributed by atoms with Crippen LogP contribution in [0.1, 0.15) is 0 Å². The van der Waals surface area contributed by atoms with Gasteiger partial charge in [0.25, 0.3) is 10.1 Å². The van der Waals surface area contributed by atoms with Crippen molar-refractivity contribution in [3.8, 4) is 0 Å². The number of hydrogen-bond donors (Lipinski definition) is 0. The van der Waals surface area contributed by atoms with Gasteiger partial charge in [0, 0.05) is 12.7 Å². The van der Waals surface area contributed by atoms with Crippen LogP contribution in [0.15, 0.2) is 12.5 Å². The molecule has 2 aliphatic heterocycles. The van der Waals surface area contributed by atoms with E-state index in [4.69, 9.17) is 13.7 Å². The van der Waals surface area contributed by atoms with E-state index in [1.165, 1.54) is 0 Å². The Morgan fingerprint density at radius 2 is 2.31 bits per heavy atom. The maximum atomic E-state index is 10.8. The first-order valence-electron chi connectivity index (χ1n) is 5.04. The van der Waals surface area contributed by atoms with Gasteiger partial charge >= 0.3 is 0 Å². The maximum absolute atomic E-state index is 10.8. The Kier molecular flexibility index (Phi) is 3.36. The van der Waals surface area contributed by atoms with Crippen molar-refractivity contribution in [1.29, 1.82) is 0 Å². The van der Waals surface area contributed by atoms with Crippen LogP contribution in [0.5, 0.6) is 0 Å². The molecule has 0 radical (unpaired) electrons. The third-order valence-corrected chi connectivity index (χ3v) is 3.08. The monoisotopic (exact) mass is 249 g/mol. The van der Waals surface area contributed by atoms with Gasteiger partial charge in [-0.1, -0.05) is 0 Å². The minimum atomic E-state index is -3.39. The second kappa shape index (κ2) is 4.60. The van der Waals surface area contributed by atoms with Crippen molar-refractivity contribution in [2.45, 2.75) is 12.1 Å². The number of nitrogens with zero attached hydrogens (tertiary/aromatic N) is 1. The van der Waals surface area contributed by atoms with E-state index >= 15 is 0 Å². The van der Waals surface area contributed by atoms with Gasteiger partial charge in [0.05, 0.1) is 37.9 Å². The average Bonchev–Trinajstić information content (AvgIpc) is 2.25. The zero-order valence-electron chi connectivity index (χ0n) is 9.03. The van der Waals surface area contributed by atoms with Crippen LogP contribution in [0.3, 0.4) is 0 Å². The number of fused-ring (bicyclic) bond motifs is 1. The molecule has 0 aromatic rings. The molecule has 2 atom stereocenters. The molecule has 1 fully saturated rings. The minimum Gasteiger partial charge on any atom is -0.497 e. The van der Waals surface area contributed by atoms with E-state index in [-0.39, 0.29) is 18.8 Å². The summed E-state index contributed by atoms with van der Waals surface area (Å²) in [5, 5.41) is 0. The van der Waals surface area contributed by atoms with Crippen LogP contribution in [0.25, 0.3) is 0 Å². The Balaban J connectivity index is 1.85. The number of rotatable bonds is 3. The summed E-state index contributed by atoms with van der Waals surface area (Å²) in [6, 6.07) is 0.222. The summed E-state index contributed by atoms with van der Waals surface area (Å²) in [6.07, 6.45) is 4.31. The Labute approximate surface area is 94.9 Å². The smallest absolute Gasteiger partial charge is 0.264 e. The molecule has 2 unspecified atom stereocenters. The zero-order valence-corrected chi connectivity index (χ0v) is 9.85. The molecule has 2 rings (SSSR count). The number of morpholine rings is 1. The Morgan fingerprint density at radius 1 is 1.50 bits per heavy atom. The van der Waals surface area contributed by atoms with Crippen molar-refractivity contribution < 1.29 is 22.1 Å². The highest BCUT2D eigenvalue weighted by Gasteiger charge is 2.29. The van der Waals surface area contributed by atoms with E-state index in [0.29, 0.717) is 19.8 Å². The van der Waals surface area contributed by atoms with E-state index in [2.05, 4.69) is 4.90 Å². The van der Waals surface area contributed by atoms with Gasteiger partial charge < -0.3 is 14.4 Å². The zero-order chi connectivity index (χ0) is 11.6. The van der Waals surface area contributed by atoms with Crippen LogP contribution in [-0.4, -0.2) is 58.1 Å². The van der Waals surface area contributed by atoms with Gasteiger partial charge in [-0.25, -0.2) is 0 Å². The topological polar surface area (TPSA) is 65.1 Å². The minimum absolute atomic E-state index is 0.0662. The third kappa shape index (κ3) is 3.10. The van der Waals surface area contributed by atoms with Crippen molar-refractivity contribution in [3.05, 3.63) is 12.5 Å². The normalized spacial score (nSPS) is 29.7. The molecular formula is C9H15NO5S. The first kappa shape index (κ1) is 11.7. The highest BCUT2D eigenvalue weighted by molar-refractivity contribution is 7.85. The Hall–Kier alpha value is -0.790. The molecule has 2 aliphatic rings. The predicted molar refractivity (Wildman–Crippen MR) is 56.1 cm³/mol. The summed E-state index contributed by atoms with van der Waals surface area (Å²) in [4.78, 5) is 2.09. The molecule has 0 N–H and O–H groups in total. The molecule has 16 heavy (non-hydrogen) atoms. The van der Waals surface area contributed by atoms with Gasteiger partial charge in [-0.05, 0) is 0 Å². The van der Waals surface area contributed by atoms with Crippen LogP contribution in [-0.2, 0) is 23.8 Å². The lowest BCUT2D eigenvalue weighted by atomic mass is 10.2. The molecule has 0 aromatic heterocycles. The van der Waals surface area contributed by atoms with Crippen LogP contribution in [0, 0.1) is 0 Å². The largest absolute Gasteiger partial charge is 0.497 e. The standard InChI is InChI=1S/C9H15NO5S/c1-16(11,12)15-7-9-4-10-2-3-13-5-8(10)6-14-9/h2-3,8-9H,4-7H2,1H3. The van der Waals surface area contributed by atoms with E-state index in [1.807, 2.05) is 6.20 Å². The second-order valence-electron chi connectivity index (χ2n) is 3.91. The van der Waals surface area contributed by atoms with Gasteiger partial charge in [-0.3, -0.25) is 4.18 Å². The Bertz CT molecular complexity index is 366. The molecule has 92 valence electrons. The molecule has 0 aromatic carbocycles. The number of hydrogen-bond acceptors (Lipinski definition) is 6. The quantitative estimate of drug-likeness (QED) is 0.630. The van der Waals surface area contributed by atoms with Gasteiger partial charge in [0.2, 0.25) is 0 Å². The number of ether oxygens (including phenoxy) is 2. The first-order valence-corrected chi connectivity index (χ1v) is 6.86. The lowest BCUT2D eigenvalue weighted by Crippen LogP contribution is -2.51. The molecule has 0 aliphatic carbocycles. The molecule has 0 saturated carbocycles.